The van der Waals surface area contributed by atoms with Gasteiger partial charge in [0.25, 0.3) is 0 Å². The summed E-state index contributed by atoms with van der Waals surface area (Å²) in [6.07, 6.45) is 3.78. The molecule has 1 aromatic carbocycles. The van der Waals surface area contributed by atoms with Crippen molar-refractivity contribution in [2.24, 2.45) is 0 Å². The molecule has 2 rings (SSSR count). The van der Waals surface area contributed by atoms with Crippen molar-refractivity contribution in [3.8, 4) is 0 Å². The van der Waals surface area contributed by atoms with E-state index in [1.807, 2.05) is 36.4 Å². The number of hydrogen-bond donors (Lipinski definition) is 1. The number of nitrogen functional groups attached to an aromatic ring is 1. The fourth-order valence-electron chi connectivity index (χ4n) is 1.09. The molecule has 1 heterocycles. The van der Waals surface area contributed by atoms with Crippen molar-refractivity contribution < 1.29 is 0 Å². The summed E-state index contributed by atoms with van der Waals surface area (Å²) in [5.41, 5.74) is 6.49. The normalized spacial score (nSPS) is 11.0. The number of benzene rings is 1. The van der Waals surface area contributed by atoms with Gasteiger partial charge >= 0.3 is 0 Å². The van der Waals surface area contributed by atoms with Crippen LogP contribution in [0.1, 0.15) is 10.6 Å². The summed E-state index contributed by atoms with van der Waals surface area (Å²) in [4.78, 5) is 0. The highest BCUT2D eigenvalue weighted by molar-refractivity contribution is 7.15. The molecule has 2 N–H and O–H groups in total. The monoisotopic (exact) mass is 237 g/mol. The number of hydrogen-bond acceptors (Lipinski definition) is 4. The van der Waals surface area contributed by atoms with E-state index >= 15 is 0 Å². The van der Waals surface area contributed by atoms with E-state index in [1.165, 1.54) is 11.3 Å². The van der Waals surface area contributed by atoms with E-state index in [0.717, 1.165) is 10.6 Å². The summed E-state index contributed by atoms with van der Waals surface area (Å²) >= 11 is 7.20. The molecule has 0 spiro atoms. The second-order valence-corrected chi connectivity index (χ2v) is 4.34. The van der Waals surface area contributed by atoms with Gasteiger partial charge in [0.05, 0.1) is 0 Å². The Kier molecular flexibility index (Phi) is 2.99. The maximum Gasteiger partial charge on any atom is 0.203 e. The van der Waals surface area contributed by atoms with E-state index in [1.54, 1.807) is 0 Å². The highest BCUT2D eigenvalue weighted by Crippen LogP contribution is 2.16. The smallest absolute Gasteiger partial charge is 0.203 e. The highest BCUT2D eigenvalue weighted by Gasteiger charge is 1.95. The van der Waals surface area contributed by atoms with Crippen molar-refractivity contribution in [3.63, 3.8) is 0 Å². The van der Waals surface area contributed by atoms with E-state index in [4.69, 9.17) is 17.3 Å². The van der Waals surface area contributed by atoms with Crippen molar-refractivity contribution in [1.29, 1.82) is 0 Å². The largest absolute Gasteiger partial charge is 0.374 e. The molecule has 3 nitrogen and oxygen atoms in total. The third kappa shape index (κ3) is 2.78. The van der Waals surface area contributed by atoms with Crippen LogP contribution < -0.4 is 5.73 Å². The molecular weight excluding hydrogens is 230 g/mol. The van der Waals surface area contributed by atoms with Gasteiger partial charge in [-0.3, -0.25) is 0 Å². The lowest BCUT2D eigenvalue weighted by atomic mass is 10.2. The Morgan fingerprint density at radius 2 is 2.13 bits per heavy atom. The summed E-state index contributed by atoms with van der Waals surface area (Å²) < 4.78 is 0. The van der Waals surface area contributed by atoms with Gasteiger partial charge in [0.1, 0.15) is 5.01 Å². The molecule has 2 aromatic rings. The minimum atomic E-state index is 0.473. The molecule has 1 aromatic heterocycles. The number of halogens is 1. The van der Waals surface area contributed by atoms with E-state index < -0.39 is 0 Å². The number of rotatable bonds is 2. The lowest BCUT2D eigenvalue weighted by molar-refractivity contribution is 1.09. The van der Waals surface area contributed by atoms with Crippen LogP contribution in [-0.2, 0) is 0 Å². The standard InChI is InChI=1S/C10H8ClN3S/c11-8-3-1-2-7(6-8)4-5-9-13-14-10(12)15-9/h1-6H,(H2,12,14)/b5-4+. The Bertz CT molecular complexity index is 493. The second kappa shape index (κ2) is 4.42. The summed E-state index contributed by atoms with van der Waals surface area (Å²) in [6.45, 7) is 0. The quantitative estimate of drug-likeness (QED) is 0.874. The minimum Gasteiger partial charge on any atom is -0.374 e. The number of nitrogens with two attached hydrogens (primary N) is 1. The molecule has 0 amide bonds. The summed E-state index contributed by atoms with van der Waals surface area (Å²) in [5, 5.41) is 9.57. The molecule has 0 radical (unpaired) electrons. The topological polar surface area (TPSA) is 51.8 Å². The maximum atomic E-state index is 5.85. The number of aromatic nitrogens is 2. The first-order valence-electron chi connectivity index (χ1n) is 4.27. The van der Waals surface area contributed by atoms with Gasteiger partial charge in [-0.25, -0.2) is 0 Å². The average Bonchev–Trinajstić information content (AvgIpc) is 2.62. The SMILES string of the molecule is Nc1nnc(/C=C/c2cccc(Cl)c2)s1. The predicted octanol–water partition coefficient (Wildman–Crippen LogP) is 2.94. The maximum absolute atomic E-state index is 5.85. The van der Waals surface area contributed by atoms with Crippen molar-refractivity contribution in [2.75, 3.05) is 5.73 Å². The van der Waals surface area contributed by atoms with Gasteiger partial charge in [-0.15, -0.1) is 10.2 Å². The van der Waals surface area contributed by atoms with Crippen LogP contribution >= 0.6 is 22.9 Å². The van der Waals surface area contributed by atoms with Crippen LogP contribution in [0.5, 0.6) is 0 Å². The molecule has 0 saturated carbocycles. The fourth-order valence-corrected chi connectivity index (χ4v) is 1.80. The van der Waals surface area contributed by atoms with Gasteiger partial charge in [0.15, 0.2) is 0 Å². The molecular formula is C10H8ClN3S. The first kappa shape index (κ1) is 10.1. The van der Waals surface area contributed by atoms with Crippen LogP contribution in [0.15, 0.2) is 24.3 Å². The summed E-state index contributed by atoms with van der Waals surface area (Å²) in [7, 11) is 0. The molecule has 0 aliphatic carbocycles. The van der Waals surface area contributed by atoms with E-state index in [2.05, 4.69) is 10.2 Å². The van der Waals surface area contributed by atoms with Crippen LogP contribution in [0.2, 0.25) is 5.02 Å². The molecule has 0 atom stereocenters. The summed E-state index contributed by atoms with van der Waals surface area (Å²) in [5.74, 6) is 0. The first-order valence-corrected chi connectivity index (χ1v) is 5.46. The molecule has 0 unspecified atom stereocenters. The Hall–Kier alpha value is -1.39. The van der Waals surface area contributed by atoms with Gasteiger partial charge in [0.2, 0.25) is 5.13 Å². The Morgan fingerprint density at radius 1 is 1.27 bits per heavy atom. The van der Waals surface area contributed by atoms with E-state index in [-0.39, 0.29) is 0 Å². The van der Waals surface area contributed by atoms with Crippen LogP contribution in [0.4, 0.5) is 5.13 Å². The second-order valence-electron chi connectivity index (χ2n) is 2.87. The van der Waals surface area contributed by atoms with Crippen molar-refractivity contribution in [2.45, 2.75) is 0 Å². The zero-order valence-electron chi connectivity index (χ0n) is 7.72. The average molecular weight is 238 g/mol. The van der Waals surface area contributed by atoms with Crippen LogP contribution in [-0.4, -0.2) is 10.2 Å². The first-order chi connectivity index (χ1) is 7.24. The number of nitrogens with zero attached hydrogens (tertiary/aromatic N) is 2. The third-order valence-electron chi connectivity index (χ3n) is 1.72. The fraction of sp³-hybridized carbons (Fsp3) is 0. The predicted molar refractivity (Wildman–Crippen MR) is 64.7 cm³/mol. The lowest BCUT2D eigenvalue weighted by Gasteiger charge is -1.92. The molecule has 0 aliphatic heterocycles. The summed E-state index contributed by atoms with van der Waals surface area (Å²) in [6, 6.07) is 7.58. The molecule has 0 bridgehead atoms. The molecule has 5 heteroatoms. The number of anilines is 1. The van der Waals surface area contributed by atoms with Gasteiger partial charge in [-0.05, 0) is 23.8 Å². The van der Waals surface area contributed by atoms with Gasteiger partial charge < -0.3 is 5.73 Å². The van der Waals surface area contributed by atoms with Gasteiger partial charge in [-0.2, -0.15) is 0 Å². The van der Waals surface area contributed by atoms with Gasteiger partial charge in [-0.1, -0.05) is 41.1 Å². The molecule has 76 valence electrons. The Balaban J connectivity index is 2.18. The van der Waals surface area contributed by atoms with Crippen molar-refractivity contribution in [3.05, 3.63) is 39.9 Å². The van der Waals surface area contributed by atoms with Gasteiger partial charge in [0, 0.05) is 5.02 Å². The highest BCUT2D eigenvalue weighted by atomic mass is 35.5. The van der Waals surface area contributed by atoms with Crippen molar-refractivity contribution >= 4 is 40.2 Å². The molecule has 0 fully saturated rings. The zero-order chi connectivity index (χ0) is 10.7. The third-order valence-corrected chi connectivity index (χ3v) is 2.68. The van der Waals surface area contributed by atoms with E-state index in [9.17, 15) is 0 Å². The molecule has 0 aliphatic rings. The van der Waals surface area contributed by atoms with Crippen LogP contribution in [0, 0.1) is 0 Å². The minimum absolute atomic E-state index is 0.473. The zero-order valence-corrected chi connectivity index (χ0v) is 9.29. The van der Waals surface area contributed by atoms with Crippen molar-refractivity contribution in [1.82, 2.24) is 10.2 Å². The van der Waals surface area contributed by atoms with E-state index in [0.29, 0.717) is 10.2 Å². The van der Waals surface area contributed by atoms with Crippen LogP contribution in [0.3, 0.4) is 0 Å². The molecule has 15 heavy (non-hydrogen) atoms. The Morgan fingerprint density at radius 3 is 2.80 bits per heavy atom. The van der Waals surface area contributed by atoms with Crippen LogP contribution in [0.25, 0.3) is 12.2 Å². The Labute approximate surface area is 96.2 Å². The molecule has 0 saturated heterocycles. The lowest BCUT2D eigenvalue weighted by Crippen LogP contribution is -1.79.